The number of carbonyl (C=O) groups is 2. The molecule has 0 radical (unpaired) electrons. The number of hydrogen-bond acceptors (Lipinski definition) is 3. The highest BCUT2D eigenvalue weighted by molar-refractivity contribution is 5.81. The van der Waals surface area contributed by atoms with Crippen LogP contribution >= 0.6 is 0 Å². The molecule has 1 aromatic carbocycles. The quantitative estimate of drug-likeness (QED) is 0.850. The van der Waals surface area contributed by atoms with Gasteiger partial charge in [-0.3, -0.25) is 9.59 Å². The Labute approximate surface area is 160 Å². The van der Waals surface area contributed by atoms with E-state index in [4.69, 9.17) is 4.98 Å². The zero-order valence-electron chi connectivity index (χ0n) is 16.6. The van der Waals surface area contributed by atoms with Crippen molar-refractivity contribution in [2.24, 2.45) is 11.8 Å². The predicted octanol–water partition coefficient (Wildman–Crippen LogP) is 2.61. The van der Waals surface area contributed by atoms with Crippen LogP contribution in [0.15, 0.2) is 24.3 Å². The number of imidazole rings is 1. The predicted molar refractivity (Wildman–Crippen MR) is 106 cm³/mol. The summed E-state index contributed by atoms with van der Waals surface area (Å²) in [6.45, 7) is 8.51. The van der Waals surface area contributed by atoms with Crippen LogP contribution in [-0.4, -0.2) is 45.9 Å². The van der Waals surface area contributed by atoms with Crippen molar-refractivity contribution in [3.8, 4) is 0 Å². The van der Waals surface area contributed by atoms with Crippen LogP contribution in [0.5, 0.6) is 0 Å². The molecule has 6 heteroatoms. The van der Waals surface area contributed by atoms with E-state index in [0.717, 1.165) is 42.8 Å². The van der Waals surface area contributed by atoms with Crippen molar-refractivity contribution in [2.75, 3.05) is 19.6 Å². The van der Waals surface area contributed by atoms with E-state index in [1.165, 1.54) is 0 Å². The molecule has 1 aromatic heterocycles. The van der Waals surface area contributed by atoms with Gasteiger partial charge in [-0.05, 0) is 30.9 Å². The molecule has 2 aromatic rings. The molecule has 0 atom stereocenters. The number of hydrogen-bond donors (Lipinski definition) is 1. The number of nitrogens with zero attached hydrogens (tertiary/aromatic N) is 3. The molecule has 3 rings (SSSR count). The lowest BCUT2D eigenvalue weighted by Gasteiger charge is -2.30. The first-order valence-electron chi connectivity index (χ1n) is 9.95. The van der Waals surface area contributed by atoms with E-state index >= 15 is 0 Å². The first-order valence-corrected chi connectivity index (χ1v) is 9.95. The number of piperidine rings is 1. The highest BCUT2D eigenvalue weighted by atomic mass is 16.2. The monoisotopic (exact) mass is 370 g/mol. The molecule has 0 aliphatic carbocycles. The topological polar surface area (TPSA) is 67.2 Å². The van der Waals surface area contributed by atoms with Gasteiger partial charge in [-0.1, -0.05) is 32.9 Å². The second-order valence-corrected chi connectivity index (χ2v) is 7.86. The van der Waals surface area contributed by atoms with Gasteiger partial charge < -0.3 is 14.8 Å². The molecule has 1 aliphatic rings. The molecule has 1 N–H and O–H groups in total. The number of amides is 2. The molecule has 27 heavy (non-hydrogen) atoms. The third-order valence-electron chi connectivity index (χ3n) is 5.34. The van der Waals surface area contributed by atoms with E-state index < -0.39 is 0 Å². The molecule has 6 nitrogen and oxygen atoms in total. The van der Waals surface area contributed by atoms with Crippen LogP contribution in [0.4, 0.5) is 0 Å². The van der Waals surface area contributed by atoms with E-state index in [2.05, 4.69) is 12.2 Å². The number of carbonyl (C=O) groups excluding carboxylic acids is 2. The summed E-state index contributed by atoms with van der Waals surface area (Å²) in [5.41, 5.74) is 1.86. The fourth-order valence-corrected chi connectivity index (χ4v) is 3.49. The van der Waals surface area contributed by atoms with Crippen molar-refractivity contribution in [1.29, 1.82) is 0 Å². The second-order valence-electron chi connectivity index (χ2n) is 7.86. The van der Waals surface area contributed by atoms with Crippen LogP contribution in [0.2, 0.25) is 0 Å². The molecule has 146 valence electrons. The smallest absolute Gasteiger partial charge is 0.242 e. The van der Waals surface area contributed by atoms with Gasteiger partial charge in [0.15, 0.2) is 0 Å². The number of aromatic nitrogens is 2. The Morgan fingerprint density at radius 2 is 1.93 bits per heavy atom. The number of nitrogens with one attached hydrogen (secondary N) is 1. The van der Waals surface area contributed by atoms with Gasteiger partial charge in [-0.25, -0.2) is 4.98 Å². The van der Waals surface area contributed by atoms with Crippen LogP contribution in [0.25, 0.3) is 11.0 Å². The molecule has 1 aliphatic heterocycles. The van der Waals surface area contributed by atoms with Gasteiger partial charge in [0.05, 0.1) is 11.0 Å². The normalized spacial score (nSPS) is 15.5. The third-order valence-corrected chi connectivity index (χ3v) is 5.34. The SMILES string of the molecule is CC1CCN(C(=O)Cn2c(CCNC(=O)C(C)C)nc3ccccc32)CC1. The second kappa shape index (κ2) is 8.55. The maximum atomic E-state index is 12.8. The van der Waals surface area contributed by atoms with Gasteiger partial charge in [0.1, 0.15) is 12.4 Å². The fraction of sp³-hybridized carbons (Fsp3) is 0.571. The Bertz CT molecular complexity index is 804. The Morgan fingerprint density at radius 1 is 1.22 bits per heavy atom. The van der Waals surface area contributed by atoms with Crippen LogP contribution in [0, 0.1) is 11.8 Å². The molecule has 1 saturated heterocycles. The minimum absolute atomic E-state index is 0.0353. The average Bonchev–Trinajstić information content (AvgIpc) is 2.99. The summed E-state index contributed by atoms with van der Waals surface area (Å²) >= 11 is 0. The Hall–Kier alpha value is -2.37. The number of likely N-dealkylation sites (tertiary alicyclic amines) is 1. The lowest BCUT2D eigenvalue weighted by molar-refractivity contribution is -0.133. The molecular formula is C21H30N4O2. The van der Waals surface area contributed by atoms with Crippen LogP contribution in [-0.2, 0) is 22.6 Å². The Balaban J connectivity index is 1.74. The van der Waals surface area contributed by atoms with Crippen molar-refractivity contribution in [1.82, 2.24) is 19.8 Å². The van der Waals surface area contributed by atoms with E-state index in [9.17, 15) is 9.59 Å². The lowest BCUT2D eigenvalue weighted by Crippen LogP contribution is -2.40. The summed E-state index contributed by atoms with van der Waals surface area (Å²) in [6, 6.07) is 7.90. The van der Waals surface area contributed by atoms with Gasteiger partial charge >= 0.3 is 0 Å². The Morgan fingerprint density at radius 3 is 2.63 bits per heavy atom. The molecule has 0 bridgehead atoms. The van der Waals surface area contributed by atoms with Crippen molar-refractivity contribution >= 4 is 22.8 Å². The van der Waals surface area contributed by atoms with E-state index in [1.807, 2.05) is 47.6 Å². The fourth-order valence-electron chi connectivity index (χ4n) is 3.49. The summed E-state index contributed by atoms with van der Waals surface area (Å²) in [4.78, 5) is 31.3. The largest absolute Gasteiger partial charge is 0.355 e. The van der Waals surface area contributed by atoms with Gasteiger partial charge in [-0.15, -0.1) is 0 Å². The van der Waals surface area contributed by atoms with E-state index in [0.29, 0.717) is 25.4 Å². The van der Waals surface area contributed by atoms with Crippen LogP contribution in [0.1, 0.15) is 39.4 Å². The summed E-state index contributed by atoms with van der Waals surface area (Å²) in [5, 5.41) is 2.94. The zero-order chi connectivity index (χ0) is 19.4. The molecule has 0 unspecified atom stereocenters. The standard InChI is InChI=1S/C21H30N4O2/c1-15(2)21(27)22-11-8-19-23-17-6-4-5-7-18(17)25(19)14-20(26)24-12-9-16(3)10-13-24/h4-7,15-16H,8-14H2,1-3H3,(H,22,27). The number of rotatable bonds is 6. The molecule has 2 heterocycles. The van der Waals surface area contributed by atoms with Gasteiger partial charge in [-0.2, -0.15) is 0 Å². The minimum atomic E-state index is -0.0353. The van der Waals surface area contributed by atoms with Gasteiger partial charge in [0.2, 0.25) is 11.8 Å². The lowest BCUT2D eigenvalue weighted by atomic mass is 9.99. The van der Waals surface area contributed by atoms with Crippen molar-refractivity contribution in [3.63, 3.8) is 0 Å². The Kier molecular flexibility index (Phi) is 6.14. The highest BCUT2D eigenvalue weighted by Gasteiger charge is 2.22. The van der Waals surface area contributed by atoms with Gasteiger partial charge in [0, 0.05) is 32.0 Å². The summed E-state index contributed by atoms with van der Waals surface area (Å²) in [6.07, 6.45) is 2.76. The maximum Gasteiger partial charge on any atom is 0.242 e. The summed E-state index contributed by atoms with van der Waals surface area (Å²) in [5.74, 6) is 1.70. The number of fused-ring (bicyclic) bond motifs is 1. The highest BCUT2D eigenvalue weighted by Crippen LogP contribution is 2.19. The maximum absolute atomic E-state index is 12.8. The first-order chi connectivity index (χ1) is 13.0. The molecule has 0 saturated carbocycles. The third kappa shape index (κ3) is 4.67. The molecular weight excluding hydrogens is 340 g/mol. The number of para-hydroxylation sites is 2. The van der Waals surface area contributed by atoms with E-state index in [-0.39, 0.29) is 17.7 Å². The van der Waals surface area contributed by atoms with Crippen molar-refractivity contribution in [2.45, 2.75) is 46.6 Å². The number of benzene rings is 1. The minimum Gasteiger partial charge on any atom is -0.355 e. The summed E-state index contributed by atoms with van der Waals surface area (Å²) < 4.78 is 2.01. The van der Waals surface area contributed by atoms with Crippen LogP contribution in [0.3, 0.4) is 0 Å². The van der Waals surface area contributed by atoms with Crippen LogP contribution < -0.4 is 5.32 Å². The molecule has 0 spiro atoms. The zero-order valence-corrected chi connectivity index (χ0v) is 16.6. The average molecular weight is 370 g/mol. The van der Waals surface area contributed by atoms with Crippen molar-refractivity contribution < 1.29 is 9.59 Å². The molecule has 1 fully saturated rings. The first kappa shape index (κ1) is 19.4. The van der Waals surface area contributed by atoms with Gasteiger partial charge in [0.25, 0.3) is 0 Å². The van der Waals surface area contributed by atoms with E-state index in [1.54, 1.807) is 0 Å². The van der Waals surface area contributed by atoms with Crippen molar-refractivity contribution in [3.05, 3.63) is 30.1 Å². The summed E-state index contributed by atoms with van der Waals surface area (Å²) in [7, 11) is 0. The molecule has 2 amide bonds.